The van der Waals surface area contributed by atoms with Gasteiger partial charge in [0.25, 0.3) is 11.7 Å². The number of amides is 1. The van der Waals surface area contributed by atoms with Gasteiger partial charge in [-0.05, 0) is 37.0 Å². The topological polar surface area (TPSA) is 76.1 Å². The molecular formula is C25H27NO5. The predicted octanol–water partition coefficient (Wildman–Crippen LogP) is 4.08. The van der Waals surface area contributed by atoms with Gasteiger partial charge in [-0.2, -0.15) is 0 Å². The third-order valence-electron chi connectivity index (χ3n) is 5.66. The van der Waals surface area contributed by atoms with Crippen LogP contribution in [-0.4, -0.2) is 47.6 Å². The van der Waals surface area contributed by atoms with Crippen LogP contribution in [0.5, 0.6) is 5.75 Å². The van der Waals surface area contributed by atoms with Crippen LogP contribution in [0.25, 0.3) is 5.76 Å². The number of carbonyl (C=O) groups is 2. The lowest BCUT2D eigenvalue weighted by molar-refractivity contribution is -0.140. The highest BCUT2D eigenvalue weighted by atomic mass is 16.5. The first-order valence-corrected chi connectivity index (χ1v) is 10.8. The van der Waals surface area contributed by atoms with E-state index in [0.717, 1.165) is 24.8 Å². The van der Waals surface area contributed by atoms with Crippen molar-refractivity contribution in [3.05, 3.63) is 71.3 Å². The second kappa shape index (κ2) is 9.35. The molecule has 0 saturated carbocycles. The minimum absolute atomic E-state index is 0.0989. The zero-order valence-electron chi connectivity index (χ0n) is 17.6. The molecule has 2 aliphatic heterocycles. The molecule has 2 aromatic carbocycles. The number of benzene rings is 2. The minimum Gasteiger partial charge on any atom is -0.507 e. The summed E-state index contributed by atoms with van der Waals surface area (Å²) in [4.78, 5) is 27.6. The normalized spacial score (nSPS) is 22.8. The molecule has 6 heteroatoms. The summed E-state index contributed by atoms with van der Waals surface area (Å²) < 4.78 is 11.4. The van der Waals surface area contributed by atoms with Gasteiger partial charge in [0.05, 0.1) is 24.3 Å². The quantitative estimate of drug-likeness (QED) is 0.414. The fraction of sp³-hybridized carbons (Fsp3) is 0.360. The highest BCUT2D eigenvalue weighted by molar-refractivity contribution is 6.46. The van der Waals surface area contributed by atoms with Crippen molar-refractivity contribution in [3.63, 3.8) is 0 Å². The van der Waals surface area contributed by atoms with E-state index in [9.17, 15) is 14.7 Å². The van der Waals surface area contributed by atoms with Crippen LogP contribution in [0, 0.1) is 0 Å². The van der Waals surface area contributed by atoms with Crippen LogP contribution in [0.2, 0.25) is 0 Å². The number of hydrogen-bond donors (Lipinski definition) is 1. The van der Waals surface area contributed by atoms with Crippen LogP contribution in [0.4, 0.5) is 0 Å². The van der Waals surface area contributed by atoms with Crippen molar-refractivity contribution in [2.75, 3.05) is 19.8 Å². The number of Topliss-reactive ketones (excluding diaryl/α,β-unsaturated/α-hetero) is 1. The first-order valence-electron chi connectivity index (χ1n) is 10.8. The SMILES string of the molecule is CCCOc1cccc(/C(O)=C2/C(=O)C(=O)N(CC3CCCO3)C2c2ccccc2)c1. The monoisotopic (exact) mass is 421 g/mol. The van der Waals surface area contributed by atoms with Crippen LogP contribution in [0.15, 0.2) is 60.2 Å². The Bertz CT molecular complexity index is 978. The molecule has 6 nitrogen and oxygen atoms in total. The maximum absolute atomic E-state index is 13.1. The minimum atomic E-state index is -0.677. The van der Waals surface area contributed by atoms with Crippen LogP contribution in [-0.2, 0) is 14.3 Å². The van der Waals surface area contributed by atoms with Crippen molar-refractivity contribution in [2.45, 2.75) is 38.3 Å². The summed E-state index contributed by atoms with van der Waals surface area (Å²) in [5, 5.41) is 11.2. The van der Waals surface area contributed by atoms with E-state index in [4.69, 9.17) is 9.47 Å². The van der Waals surface area contributed by atoms with Gasteiger partial charge >= 0.3 is 0 Å². The lowest BCUT2D eigenvalue weighted by Crippen LogP contribution is -2.36. The number of ketones is 1. The number of nitrogens with zero attached hydrogens (tertiary/aromatic N) is 1. The number of ether oxygens (including phenoxy) is 2. The summed E-state index contributed by atoms with van der Waals surface area (Å²) in [5.74, 6) is -0.867. The second-order valence-electron chi connectivity index (χ2n) is 7.87. The van der Waals surface area contributed by atoms with E-state index in [1.165, 1.54) is 4.90 Å². The van der Waals surface area contributed by atoms with Crippen molar-refractivity contribution in [3.8, 4) is 5.75 Å². The Morgan fingerprint density at radius 1 is 1.16 bits per heavy atom. The molecular weight excluding hydrogens is 394 g/mol. The molecule has 0 aromatic heterocycles. The van der Waals surface area contributed by atoms with Crippen LogP contribution in [0.3, 0.4) is 0 Å². The average Bonchev–Trinajstić information content (AvgIpc) is 3.40. The van der Waals surface area contributed by atoms with Crippen LogP contribution < -0.4 is 4.74 Å². The van der Waals surface area contributed by atoms with Crippen LogP contribution in [0.1, 0.15) is 43.4 Å². The molecule has 0 radical (unpaired) electrons. The third kappa shape index (κ3) is 4.35. The summed E-state index contributed by atoms with van der Waals surface area (Å²) in [6.07, 6.45) is 2.55. The lowest BCUT2D eigenvalue weighted by Gasteiger charge is -2.27. The van der Waals surface area contributed by atoms with Gasteiger partial charge in [-0.15, -0.1) is 0 Å². The first kappa shape index (κ1) is 21.1. The Balaban J connectivity index is 1.76. The van der Waals surface area contributed by atoms with E-state index in [-0.39, 0.29) is 17.4 Å². The van der Waals surface area contributed by atoms with Crippen molar-refractivity contribution in [1.29, 1.82) is 0 Å². The summed E-state index contributed by atoms with van der Waals surface area (Å²) >= 11 is 0. The van der Waals surface area contributed by atoms with E-state index in [1.807, 2.05) is 37.3 Å². The average molecular weight is 421 g/mol. The number of aliphatic hydroxyl groups is 1. The van der Waals surface area contributed by atoms with Gasteiger partial charge in [0.15, 0.2) is 0 Å². The molecule has 0 bridgehead atoms. The summed E-state index contributed by atoms with van der Waals surface area (Å²) in [7, 11) is 0. The number of rotatable bonds is 7. The predicted molar refractivity (Wildman–Crippen MR) is 117 cm³/mol. The number of likely N-dealkylation sites (tertiary alicyclic amines) is 1. The molecule has 1 amide bonds. The summed E-state index contributed by atoms with van der Waals surface area (Å²) in [6, 6.07) is 15.7. The van der Waals surface area contributed by atoms with E-state index >= 15 is 0 Å². The van der Waals surface area contributed by atoms with Gasteiger partial charge < -0.3 is 19.5 Å². The van der Waals surface area contributed by atoms with Crippen molar-refractivity contribution in [2.24, 2.45) is 0 Å². The first-order chi connectivity index (χ1) is 15.1. The molecule has 2 atom stereocenters. The molecule has 0 aliphatic carbocycles. The summed E-state index contributed by atoms with van der Waals surface area (Å²) in [5.41, 5.74) is 1.33. The third-order valence-corrected chi connectivity index (χ3v) is 5.66. The highest BCUT2D eigenvalue weighted by Crippen LogP contribution is 2.40. The molecule has 2 fully saturated rings. The Labute approximate surface area is 182 Å². The van der Waals surface area contributed by atoms with Gasteiger partial charge in [0, 0.05) is 18.7 Å². The molecule has 2 aliphatic rings. The maximum Gasteiger partial charge on any atom is 0.295 e. The smallest absolute Gasteiger partial charge is 0.295 e. The van der Waals surface area contributed by atoms with E-state index in [1.54, 1.807) is 24.3 Å². The Morgan fingerprint density at radius 2 is 1.97 bits per heavy atom. The molecule has 31 heavy (non-hydrogen) atoms. The Hall–Kier alpha value is -3.12. The molecule has 2 unspecified atom stereocenters. The van der Waals surface area contributed by atoms with Gasteiger partial charge in [-0.25, -0.2) is 0 Å². The maximum atomic E-state index is 13.1. The molecule has 0 spiro atoms. The fourth-order valence-electron chi connectivity index (χ4n) is 4.17. The van der Waals surface area contributed by atoms with Gasteiger partial charge in [-0.1, -0.05) is 49.4 Å². The molecule has 162 valence electrons. The second-order valence-corrected chi connectivity index (χ2v) is 7.87. The zero-order chi connectivity index (χ0) is 21.8. The number of hydrogen-bond acceptors (Lipinski definition) is 5. The van der Waals surface area contributed by atoms with Gasteiger partial charge in [0.1, 0.15) is 11.5 Å². The van der Waals surface area contributed by atoms with Gasteiger partial charge in [-0.3, -0.25) is 9.59 Å². The van der Waals surface area contributed by atoms with E-state index in [0.29, 0.717) is 31.1 Å². The number of carbonyl (C=O) groups excluding carboxylic acids is 2. The Morgan fingerprint density at radius 3 is 2.68 bits per heavy atom. The fourth-order valence-corrected chi connectivity index (χ4v) is 4.17. The zero-order valence-corrected chi connectivity index (χ0v) is 17.6. The van der Waals surface area contributed by atoms with Crippen molar-refractivity contribution >= 4 is 17.4 Å². The molecule has 2 aromatic rings. The largest absolute Gasteiger partial charge is 0.507 e. The van der Waals surface area contributed by atoms with Crippen molar-refractivity contribution < 1.29 is 24.2 Å². The van der Waals surface area contributed by atoms with E-state index in [2.05, 4.69) is 0 Å². The molecule has 1 N–H and O–H groups in total. The molecule has 2 saturated heterocycles. The summed E-state index contributed by atoms with van der Waals surface area (Å²) in [6.45, 7) is 3.55. The number of aliphatic hydroxyl groups excluding tert-OH is 1. The lowest BCUT2D eigenvalue weighted by atomic mass is 9.95. The highest BCUT2D eigenvalue weighted by Gasteiger charge is 2.47. The standard InChI is InChI=1S/C25H27NO5/c1-2-13-30-19-11-6-10-18(15-19)23(27)21-22(17-8-4-3-5-9-17)26(25(29)24(21)28)16-20-12-7-14-31-20/h3-6,8-11,15,20,22,27H,2,7,12-14,16H2,1H3/b23-21-. The Kier molecular flexibility index (Phi) is 6.37. The molecule has 4 rings (SSSR count). The molecule has 2 heterocycles. The van der Waals surface area contributed by atoms with E-state index < -0.39 is 17.7 Å². The van der Waals surface area contributed by atoms with Crippen molar-refractivity contribution in [1.82, 2.24) is 4.90 Å². The van der Waals surface area contributed by atoms with Gasteiger partial charge in [0.2, 0.25) is 0 Å². The van der Waals surface area contributed by atoms with Crippen LogP contribution >= 0.6 is 0 Å².